The molecule has 0 aliphatic carbocycles. The van der Waals surface area contributed by atoms with Gasteiger partial charge in [0.15, 0.2) is 0 Å². The summed E-state index contributed by atoms with van der Waals surface area (Å²) in [4.78, 5) is 0. The molecule has 0 aromatic heterocycles. The van der Waals surface area contributed by atoms with Crippen molar-refractivity contribution in [2.24, 2.45) is 0 Å². The Bertz CT molecular complexity index is 689. The SMILES string of the molecule is N#Cc1ccc(Cl)cc1Nc1ccc2c(c1)CCCN2. The normalized spacial score (nSPS) is 13.0. The largest absolute Gasteiger partial charge is 0.385 e. The van der Waals surface area contributed by atoms with E-state index in [0.717, 1.165) is 30.8 Å². The summed E-state index contributed by atoms with van der Waals surface area (Å²) < 4.78 is 0. The van der Waals surface area contributed by atoms with Gasteiger partial charge in [0, 0.05) is 22.9 Å². The number of nitrogens with one attached hydrogen (secondary N) is 2. The van der Waals surface area contributed by atoms with Crippen LogP contribution in [0.15, 0.2) is 36.4 Å². The van der Waals surface area contributed by atoms with Crippen LogP contribution in [0.2, 0.25) is 5.02 Å². The maximum atomic E-state index is 9.14. The van der Waals surface area contributed by atoms with Crippen molar-refractivity contribution in [2.75, 3.05) is 17.2 Å². The van der Waals surface area contributed by atoms with E-state index in [4.69, 9.17) is 16.9 Å². The van der Waals surface area contributed by atoms with E-state index in [2.05, 4.69) is 28.8 Å². The zero-order chi connectivity index (χ0) is 13.9. The van der Waals surface area contributed by atoms with Gasteiger partial charge in [-0.1, -0.05) is 11.6 Å². The lowest BCUT2D eigenvalue weighted by Crippen LogP contribution is -2.11. The standard InChI is InChI=1S/C16H14ClN3/c17-13-4-3-12(10-18)16(9-13)20-14-5-6-15-11(8-14)2-1-7-19-15/h3-6,8-9,19-20H,1-2,7H2. The van der Waals surface area contributed by atoms with Crippen LogP contribution in [0.1, 0.15) is 17.5 Å². The molecule has 20 heavy (non-hydrogen) atoms. The second kappa shape index (κ2) is 5.44. The van der Waals surface area contributed by atoms with Gasteiger partial charge in [0.25, 0.3) is 0 Å². The van der Waals surface area contributed by atoms with Gasteiger partial charge in [-0.3, -0.25) is 0 Å². The molecule has 0 unspecified atom stereocenters. The molecule has 3 rings (SSSR count). The summed E-state index contributed by atoms with van der Waals surface area (Å²) in [7, 11) is 0. The smallest absolute Gasteiger partial charge is 0.101 e. The van der Waals surface area contributed by atoms with E-state index in [0.29, 0.717) is 10.6 Å². The minimum Gasteiger partial charge on any atom is -0.385 e. The molecule has 0 bridgehead atoms. The molecule has 0 saturated carbocycles. The van der Waals surface area contributed by atoms with E-state index >= 15 is 0 Å². The number of hydrogen-bond acceptors (Lipinski definition) is 3. The van der Waals surface area contributed by atoms with Crippen LogP contribution in [0.4, 0.5) is 17.1 Å². The fourth-order valence-electron chi connectivity index (χ4n) is 2.43. The molecule has 1 aliphatic rings. The Morgan fingerprint density at radius 1 is 1.20 bits per heavy atom. The van der Waals surface area contributed by atoms with Crippen molar-refractivity contribution in [1.82, 2.24) is 0 Å². The van der Waals surface area contributed by atoms with Crippen LogP contribution in [0.25, 0.3) is 0 Å². The van der Waals surface area contributed by atoms with Crippen LogP contribution in [-0.2, 0) is 6.42 Å². The van der Waals surface area contributed by atoms with Crippen molar-refractivity contribution in [2.45, 2.75) is 12.8 Å². The highest BCUT2D eigenvalue weighted by atomic mass is 35.5. The quantitative estimate of drug-likeness (QED) is 0.863. The first-order chi connectivity index (χ1) is 9.76. The molecule has 100 valence electrons. The third-order valence-corrected chi connectivity index (χ3v) is 3.66. The fourth-order valence-corrected chi connectivity index (χ4v) is 2.60. The molecular weight excluding hydrogens is 270 g/mol. The second-order valence-electron chi connectivity index (χ2n) is 4.83. The lowest BCUT2D eigenvalue weighted by atomic mass is 10.0. The van der Waals surface area contributed by atoms with E-state index in [9.17, 15) is 0 Å². The summed E-state index contributed by atoms with van der Waals surface area (Å²) >= 11 is 6.00. The predicted molar refractivity (Wildman–Crippen MR) is 82.7 cm³/mol. The van der Waals surface area contributed by atoms with E-state index in [1.807, 2.05) is 6.07 Å². The highest BCUT2D eigenvalue weighted by Gasteiger charge is 2.10. The van der Waals surface area contributed by atoms with Crippen molar-refractivity contribution < 1.29 is 0 Å². The first-order valence-electron chi connectivity index (χ1n) is 6.60. The molecule has 4 heteroatoms. The Labute approximate surface area is 123 Å². The van der Waals surface area contributed by atoms with Crippen LogP contribution >= 0.6 is 11.6 Å². The average Bonchev–Trinajstić information content (AvgIpc) is 2.47. The molecule has 1 heterocycles. The Balaban J connectivity index is 1.92. The Morgan fingerprint density at radius 3 is 2.95 bits per heavy atom. The third kappa shape index (κ3) is 2.56. The highest BCUT2D eigenvalue weighted by molar-refractivity contribution is 6.30. The summed E-state index contributed by atoms with van der Waals surface area (Å²) in [5.74, 6) is 0. The minimum atomic E-state index is 0.588. The molecule has 2 aromatic carbocycles. The minimum absolute atomic E-state index is 0.588. The summed E-state index contributed by atoms with van der Waals surface area (Å²) in [6, 6.07) is 13.6. The summed E-state index contributed by atoms with van der Waals surface area (Å²) in [5.41, 5.74) is 4.82. The second-order valence-corrected chi connectivity index (χ2v) is 5.27. The Kier molecular flexibility index (Phi) is 3.49. The lowest BCUT2D eigenvalue weighted by Gasteiger charge is -2.19. The van der Waals surface area contributed by atoms with Crippen LogP contribution < -0.4 is 10.6 Å². The molecule has 0 spiro atoms. The van der Waals surface area contributed by atoms with Gasteiger partial charge in [-0.2, -0.15) is 5.26 Å². The van der Waals surface area contributed by atoms with Gasteiger partial charge < -0.3 is 10.6 Å². The van der Waals surface area contributed by atoms with Crippen LogP contribution in [0.3, 0.4) is 0 Å². The molecule has 3 nitrogen and oxygen atoms in total. The molecule has 0 amide bonds. The van der Waals surface area contributed by atoms with Crippen molar-refractivity contribution in [3.8, 4) is 6.07 Å². The number of rotatable bonds is 2. The number of nitrogens with zero attached hydrogens (tertiary/aromatic N) is 1. The van der Waals surface area contributed by atoms with Gasteiger partial charge in [0.2, 0.25) is 0 Å². The lowest BCUT2D eigenvalue weighted by molar-refractivity contribution is 0.830. The molecule has 0 radical (unpaired) electrons. The summed E-state index contributed by atoms with van der Waals surface area (Å²) in [6.07, 6.45) is 2.23. The van der Waals surface area contributed by atoms with Crippen LogP contribution in [0.5, 0.6) is 0 Å². The molecule has 0 atom stereocenters. The van der Waals surface area contributed by atoms with Gasteiger partial charge in [-0.15, -0.1) is 0 Å². The number of fused-ring (bicyclic) bond motifs is 1. The highest BCUT2D eigenvalue weighted by Crippen LogP contribution is 2.29. The maximum Gasteiger partial charge on any atom is 0.101 e. The number of benzene rings is 2. The summed E-state index contributed by atoms with van der Waals surface area (Å²) in [5, 5.41) is 16.4. The molecule has 2 aromatic rings. The van der Waals surface area contributed by atoms with E-state index in [-0.39, 0.29) is 0 Å². The van der Waals surface area contributed by atoms with E-state index < -0.39 is 0 Å². The number of halogens is 1. The zero-order valence-electron chi connectivity index (χ0n) is 10.9. The molecular formula is C16H14ClN3. The molecule has 2 N–H and O–H groups in total. The van der Waals surface area contributed by atoms with Gasteiger partial charge in [0.05, 0.1) is 11.3 Å². The fraction of sp³-hybridized carbons (Fsp3) is 0.188. The Hall–Kier alpha value is -2.18. The van der Waals surface area contributed by atoms with Gasteiger partial charge >= 0.3 is 0 Å². The average molecular weight is 284 g/mol. The topological polar surface area (TPSA) is 47.9 Å². The monoisotopic (exact) mass is 283 g/mol. The van der Waals surface area contributed by atoms with Gasteiger partial charge in [0.1, 0.15) is 6.07 Å². The third-order valence-electron chi connectivity index (χ3n) is 3.42. The van der Waals surface area contributed by atoms with E-state index in [1.165, 1.54) is 11.3 Å². The number of hydrogen-bond donors (Lipinski definition) is 2. The maximum absolute atomic E-state index is 9.14. The van der Waals surface area contributed by atoms with Gasteiger partial charge in [-0.25, -0.2) is 0 Å². The number of nitriles is 1. The van der Waals surface area contributed by atoms with Crippen molar-refractivity contribution >= 4 is 28.7 Å². The zero-order valence-corrected chi connectivity index (χ0v) is 11.7. The van der Waals surface area contributed by atoms with Gasteiger partial charge in [-0.05, 0) is 54.8 Å². The predicted octanol–water partition coefficient (Wildman–Crippen LogP) is 4.31. The van der Waals surface area contributed by atoms with Crippen molar-refractivity contribution in [1.29, 1.82) is 5.26 Å². The van der Waals surface area contributed by atoms with Crippen molar-refractivity contribution in [3.63, 3.8) is 0 Å². The first kappa shape index (κ1) is 12.8. The molecule has 1 aliphatic heterocycles. The number of anilines is 3. The van der Waals surface area contributed by atoms with Crippen LogP contribution in [-0.4, -0.2) is 6.54 Å². The van der Waals surface area contributed by atoms with Crippen molar-refractivity contribution in [3.05, 3.63) is 52.5 Å². The first-order valence-corrected chi connectivity index (χ1v) is 6.97. The Morgan fingerprint density at radius 2 is 2.10 bits per heavy atom. The summed E-state index contributed by atoms with van der Waals surface area (Å²) in [6.45, 7) is 1.03. The number of aryl methyl sites for hydroxylation is 1. The molecule has 0 fully saturated rings. The molecule has 0 saturated heterocycles. The van der Waals surface area contributed by atoms with Crippen LogP contribution in [0, 0.1) is 11.3 Å². The van der Waals surface area contributed by atoms with E-state index in [1.54, 1.807) is 18.2 Å².